The van der Waals surface area contributed by atoms with Crippen LogP contribution in [0, 0.1) is 0 Å². The van der Waals surface area contributed by atoms with E-state index in [4.69, 9.17) is 0 Å². The van der Waals surface area contributed by atoms with Crippen molar-refractivity contribution in [3.05, 3.63) is 59.9 Å². The number of amides is 1. The molecule has 1 saturated heterocycles. The molecule has 3 rings (SSSR count). The lowest BCUT2D eigenvalue weighted by molar-refractivity contribution is 0.0735. The first kappa shape index (κ1) is 17.5. The van der Waals surface area contributed by atoms with Crippen LogP contribution in [-0.4, -0.2) is 50.4 Å². The van der Waals surface area contributed by atoms with Gasteiger partial charge in [0.1, 0.15) is 0 Å². The number of carbonyl (C=O) groups excluding carboxylic acids is 1. The summed E-state index contributed by atoms with van der Waals surface area (Å²) in [5.74, 6) is -0.0739. The molecule has 7 nitrogen and oxygen atoms in total. The number of nitrogens with zero attached hydrogens (tertiary/aromatic N) is 2. The lowest BCUT2D eigenvalue weighted by atomic mass is 10.2. The topological polar surface area (TPSA) is 91.4 Å². The molecule has 1 aliphatic heterocycles. The normalized spacial score (nSPS) is 15.1. The number of pyridine rings is 1. The van der Waals surface area contributed by atoms with E-state index in [2.05, 4.69) is 15.0 Å². The molecule has 132 valence electrons. The highest BCUT2D eigenvalue weighted by atomic mass is 32.2. The molecule has 0 unspecified atom stereocenters. The molecule has 2 heterocycles. The van der Waals surface area contributed by atoms with Gasteiger partial charge in [0.05, 0.1) is 4.90 Å². The Hall–Kier alpha value is -2.29. The zero-order chi connectivity index (χ0) is 17.7. The molecular formula is C17H20N4O3S. The minimum atomic E-state index is -3.63. The molecule has 2 aromatic rings. The van der Waals surface area contributed by atoms with Crippen LogP contribution in [0.1, 0.15) is 15.9 Å². The van der Waals surface area contributed by atoms with Crippen molar-refractivity contribution in [2.24, 2.45) is 0 Å². The van der Waals surface area contributed by atoms with Crippen LogP contribution in [0.25, 0.3) is 0 Å². The van der Waals surface area contributed by atoms with Gasteiger partial charge in [-0.3, -0.25) is 9.78 Å². The van der Waals surface area contributed by atoms with E-state index < -0.39 is 10.0 Å². The van der Waals surface area contributed by atoms with Crippen LogP contribution >= 0.6 is 0 Å². The van der Waals surface area contributed by atoms with E-state index in [9.17, 15) is 13.2 Å². The number of carbonyl (C=O) groups is 1. The van der Waals surface area contributed by atoms with E-state index in [1.54, 1.807) is 41.6 Å². The Balaban J connectivity index is 1.67. The monoisotopic (exact) mass is 360 g/mol. The van der Waals surface area contributed by atoms with Crippen molar-refractivity contribution >= 4 is 15.9 Å². The molecule has 1 amide bonds. The summed E-state index contributed by atoms with van der Waals surface area (Å²) in [6.45, 7) is 3.05. The van der Waals surface area contributed by atoms with E-state index in [0.717, 1.165) is 18.7 Å². The highest BCUT2D eigenvalue weighted by molar-refractivity contribution is 7.89. The molecule has 0 spiro atoms. The van der Waals surface area contributed by atoms with E-state index in [-0.39, 0.29) is 17.3 Å². The van der Waals surface area contributed by atoms with Crippen molar-refractivity contribution in [3.63, 3.8) is 0 Å². The lowest BCUT2D eigenvalue weighted by Crippen LogP contribution is -2.46. The third kappa shape index (κ3) is 4.41. The maximum Gasteiger partial charge on any atom is 0.253 e. The van der Waals surface area contributed by atoms with Gasteiger partial charge in [0, 0.05) is 50.7 Å². The second-order valence-corrected chi connectivity index (χ2v) is 7.51. The summed E-state index contributed by atoms with van der Waals surface area (Å²) < 4.78 is 27.3. The molecule has 2 N–H and O–H groups in total. The largest absolute Gasteiger partial charge is 0.336 e. The SMILES string of the molecule is O=C(c1ccc(S(=O)(=O)NCc2ccncc2)cc1)N1CCNCC1. The predicted octanol–water partition coefficient (Wildman–Crippen LogP) is 0.606. The average molecular weight is 360 g/mol. The summed E-state index contributed by atoms with van der Waals surface area (Å²) in [5, 5.41) is 3.19. The van der Waals surface area contributed by atoms with Gasteiger partial charge in [-0.1, -0.05) is 0 Å². The lowest BCUT2D eigenvalue weighted by Gasteiger charge is -2.27. The molecule has 0 bridgehead atoms. The Labute approximate surface area is 147 Å². The van der Waals surface area contributed by atoms with Crippen molar-refractivity contribution in [1.29, 1.82) is 0 Å². The molecule has 1 aromatic carbocycles. The van der Waals surface area contributed by atoms with Gasteiger partial charge in [-0.25, -0.2) is 13.1 Å². The summed E-state index contributed by atoms with van der Waals surface area (Å²) in [6.07, 6.45) is 3.22. The number of nitrogens with one attached hydrogen (secondary N) is 2. The molecule has 1 aliphatic rings. The predicted molar refractivity (Wildman–Crippen MR) is 93.5 cm³/mol. The smallest absolute Gasteiger partial charge is 0.253 e. The Morgan fingerprint density at radius 1 is 1.08 bits per heavy atom. The fraction of sp³-hybridized carbons (Fsp3) is 0.294. The van der Waals surface area contributed by atoms with Crippen molar-refractivity contribution in [2.45, 2.75) is 11.4 Å². The Bertz CT molecular complexity index is 817. The van der Waals surface area contributed by atoms with Gasteiger partial charge in [0.2, 0.25) is 10.0 Å². The minimum absolute atomic E-state index is 0.0739. The van der Waals surface area contributed by atoms with E-state index in [0.29, 0.717) is 18.7 Å². The second-order valence-electron chi connectivity index (χ2n) is 5.75. The van der Waals surface area contributed by atoms with E-state index in [1.807, 2.05) is 0 Å². The van der Waals surface area contributed by atoms with Crippen LogP contribution in [0.2, 0.25) is 0 Å². The maximum atomic E-state index is 12.4. The van der Waals surface area contributed by atoms with Crippen LogP contribution in [0.3, 0.4) is 0 Å². The maximum absolute atomic E-state index is 12.4. The van der Waals surface area contributed by atoms with Gasteiger partial charge in [0.15, 0.2) is 0 Å². The van der Waals surface area contributed by atoms with E-state index >= 15 is 0 Å². The molecule has 0 radical (unpaired) electrons. The molecule has 0 aliphatic carbocycles. The zero-order valence-electron chi connectivity index (χ0n) is 13.7. The molecule has 0 saturated carbocycles. The first-order valence-electron chi connectivity index (χ1n) is 8.05. The highest BCUT2D eigenvalue weighted by Crippen LogP contribution is 2.13. The molecular weight excluding hydrogens is 340 g/mol. The fourth-order valence-electron chi connectivity index (χ4n) is 2.59. The number of hydrogen-bond donors (Lipinski definition) is 2. The molecule has 1 fully saturated rings. The van der Waals surface area contributed by atoms with Crippen LogP contribution in [0.4, 0.5) is 0 Å². The number of sulfonamides is 1. The summed E-state index contributed by atoms with van der Waals surface area (Å²) in [5.41, 5.74) is 1.32. The average Bonchev–Trinajstić information content (AvgIpc) is 2.67. The van der Waals surface area contributed by atoms with Gasteiger partial charge in [0.25, 0.3) is 5.91 Å². The number of benzene rings is 1. The third-order valence-electron chi connectivity index (χ3n) is 4.03. The van der Waals surface area contributed by atoms with E-state index in [1.165, 1.54) is 12.1 Å². The van der Waals surface area contributed by atoms with Gasteiger partial charge in [-0.05, 0) is 42.0 Å². The first-order valence-corrected chi connectivity index (χ1v) is 9.53. The third-order valence-corrected chi connectivity index (χ3v) is 5.45. The van der Waals surface area contributed by atoms with Crippen LogP contribution in [-0.2, 0) is 16.6 Å². The number of hydrogen-bond acceptors (Lipinski definition) is 5. The van der Waals surface area contributed by atoms with Crippen molar-refractivity contribution in [1.82, 2.24) is 19.9 Å². The second kappa shape index (κ2) is 7.73. The first-order chi connectivity index (χ1) is 12.1. The standard InChI is InChI=1S/C17H20N4O3S/c22-17(21-11-9-19-10-12-21)15-1-3-16(4-2-15)25(23,24)20-13-14-5-7-18-8-6-14/h1-8,19-20H,9-13H2. The van der Waals surface area contributed by atoms with Crippen LogP contribution < -0.4 is 10.0 Å². The number of piperazine rings is 1. The van der Waals surface area contributed by atoms with Crippen molar-refractivity contribution in [2.75, 3.05) is 26.2 Å². The van der Waals surface area contributed by atoms with Gasteiger partial charge >= 0.3 is 0 Å². The molecule has 25 heavy (non-hydrogen) atoms. The zero-order valence-corrected chi connectivity index (χ0v) is 14.5. The van der Waals surface area contributed by atoms with Crippen molar-refractivity contribution < 1.29 is 13.2 Å². The van der Waals surface area contributed by atoms with Gasteiger partial charge < -0.3 is 10.2 Å². The quantitative estimate of drug-likeness (QED) is 0.815. The van der Waals surface area contributed by atoms with Gasteiger partial charge in [-0.2, -0.15) is 0 Å². The summed E-state index contributed by atoms with van der Waals surface area (Å²) in [7, 11) is -3.63. The number of aromatic nitrogens is 1. The summed E-state index contributed by atoms with van der Waals surface area (Å²) in [4.78, 5) is 18.2. The molecule has 0 atom stereocenters. The molecule has 8 heteroatoms. The van der Waals surface area contributed by atoms with Crippen molar-refractivity contribution in [3.8, 4) is 0 Å². The fourth-order valence-corrected chi connectivity index (χ4v) is 3.61. The summed E-state index contributed by atoms with van der Waals surface area (Å²) in [6, 6.07) is 9.54. The summed E-state index contributed by atoms with van der Waals surface area (Å²) >= 11 is 0. The van der Waals surface area contributed by atoms with Crippen LogP contribution in [0.5, 0.6) is 0 Å². The Morgan fingerprint density at radius 3 is 2.36 bits per heavy atom. The van der Waals surface area contributed by atoms with Gasteiger partial charge in [-0.15, -0.1) is 0 Å². The Morgan fingerprint density at radius 2 is 1.72 bits per heavy atom. The molecule has 1 aromatic heterocycles. The Kier molecular flexibility index (Phi) is 5.42. The van der Waals surface area contributed by atoms with Crippen LogP contribution in [0.15, 0.2) is 53.7 Å². The minimum Gasteiger partial charge on any atom is -0.336 e. The number of rotatable bonds is 5. The highest BCUT2D eigenvalue weighted by Gasteiger charge is 2.19.